The molecule has 2 heterocycles. The van der Waals surface area contributed by atoms with Crippen molar-refractivity contribution in [2.24, 2.45) is 0 Å². The van der Waals surface area contributed by atoms with Crippen LogP contribution in [0.15, 0.2) is 6.20 Å². The maximum atomic E-state index is 4.40. The standard InChI is InChI=1S/C10H15N5/c1-4-11-9-8-6-12-15(5-2)10(8)14-7(3)13-9/h6H,4-5H2,1-3H3,(H,11,13,14). The molecule has 5 nitrogen and oxygen atoms in total. The van der Waals surface area contributed by atoms with Gasteiger partial charge in [-0.15, -0.1) is 0 Å². The summed E-state index contributed by atoms with van der Waals surface area (Å²) in [5.74, 6) is 1.65. The van der Waals surface area contributed by atoms with Crippen molar-refractivity contribution < 1.29 is 0 Å². The summed E-state index contributed by atoms with van der Waals surface area (Å²) in [4.78, 5) is 8.76. The summed E-state index contributed by atoms with van der Waals surface area (Å²) in [7, 11) is 0. The van der Waals surface area contributed by atoms with Gasteiger partial charge < -0.3 is 5.32 Å². The van der Waals surface area contributed by atoms with Crippen LogP contribution in [-0.4, -0.2) is 26.3 Å². The highest BCUT2D eigenvalue weighted by Crippen LogP contribution is 2.19. The number of rotatable bonds is 3. The largest absolute Gasteiger partial charge is 0.370 e. The van der Waals surface area contributed by atoms with E-state index in [0.29, 0.717) is 0 Å². The minimum Gasteiger partial charge on any atom is -0.370 e. The Kier molecular flexibility index (Phi) is 2.53. The predicted molar refractivity (Wildman–Crippen MR) is 59.9 cm³/mol. The SMILES string of the molecule is CCNc1nc(C)nc2c1cnn2CC. The van der Waals surface area contributed by atoms with Crippen LogP contribution in [0.3, 0.4) is 0 Å². The molecule has 0 aliphatic rings. The lowest BCUT2D eigenvalue weighted by molar-refractivity contribution is 0.675. The number of nitrogens with one attached hydrogen (secondary N) is 1. The zero-order chi connectivity index (χ0) is 10.8. The molecule has 0 amide bonds. The highest BCUT2D eigenvalue weighted by molar-refractivity contribution is 5.86. The molecule has 2 aromatic heterocycles. The normalized spacial score (nSPS) is 10.9. The number of aromatic nitrogens is 4. The highest BCUT2D eigenvalue weighted by Gasteiger charge is 2.09. The number of fused-ring (bicyclic) bond motifs is 1. The fourth-order valence-corrected chi connectivity index (χ4v) is 1.60. The van der Waals surface area contributed by atoms with Crippen molar-refractivity contribution in [1.82, 2.24) is 19.7 Å². The van der Waals surface area contributed by atoms with Crippen molar-refractivity contribution in [2.45, 2.75) is 27.3 Å². The summed E-state index contributed by atoms with van der Waals surface area (Å²) in [5, 5.41) is 8.49. The van der Waals surface area contributed by atoms with E-state index in [1.807, 2.05) is 24.7 Å². The Balaban J connectivity index is 2.65. The van der Waals surface area contributed by atoms with Crippen LogP contribution < -0.4 is 5.32 Å². The van der Waals surface area contributed by atoms with E-state index >= 15 is 0 Å². The summed E-state index contributed by atoms with van der Waals surface area (Å²) in [6.07, 6.45) is 1.82. The van der Waals surface area contributed by atoms with Crippen molar-refractivity contribution in [3.63, 3.8) is 0 Å². The molecule has 0 atom stereocenters. The summed E-state index contributed by atoms with van der Waals surface area (Å²) in [6.45, 7) is 7.67. The molecule has 2 rings (SSSR count). The Morgan fingerprint density at radius 1 is 1.33 bits per heavy atom. The Morgan fingerprint density at radius 2 is 2.13 bits per heavy atom. The third-order valence-corrected chi connectivity index (χ3v) is 2.25. The van der Waals surface area contributed by atoms with Gasteiger partial charge in [0.15, 0.2) is 5.65 Å². The van der Waals surface area contributed by atoms with Crippen LogP contribution in [0.5, 0.6) is 0 Å². The van der Waals surface area contributed by atoms with Crippen LogP contribution in [-0.2, 0) is 6.54 Å². The second kappa shape index (κ2) is 3.84. The third-order valence-electron chi connectivity index (χ3n) is 2.25. The second-order valence-corrected chi connectivity index (χ2v) is 3.35. The minimum absolute atomic E-state index is 0.772. The van der Waals surface area contributed by atoms with E-state index in [0.717, 1.165) is 35.8 Å². The van der Waals surface area contributed by atoms with Crippen molar-refractivity contribution in [2.75, 3.05) is 11.9 Å². The lowest BCUT2D eigenvalue weighted by atomic mass is 10.4. The molecule has 0 bridgehead atoms. The van der Waals surface area contributed by atoms with Crippen LogP contribution in [0.25, 0.3) is 11.0 Å². The van der Waals surface area contributed by atoms with E-state index in [-0.39, 0.29) is 0 Å². The fourth-order valence-electron chi connectivity index (χ4n) is 1.60. The Hall–Kier alpha value is -1.65. The first kappa shape index (κ1) is 9.89. The fraction of sp³-hybridized carbons (Fsp3) is 0.500. The Bertz CT molecular complexity index is 474. The van der Waals surface area contributed by atoms with Gasteiger partial charge in [0.05, 0.1) is 11.6 Å². The van der Waals surface area contributed by atoms with Gasteiger partial charge in [0, 0.05) is 13.1 Å². The molecule has 1 N–H and O–H groups in total. The third kappa shape index (κ3) is 1.65. The van der Waals surface area contributed by atoms with Crippen molar-refractivity contribution in [3.8, 4) is 0 Å². The first-order chi connectivity index (χ1) is 7.26. The van der Waals surface area contributed by atoms with Gasteiger partial charge >= 0.3 is 0 Å². The average Bonchev–Trinajstić information content (AvgIpc) is 2.61. The van der Waals surface area contributed by atoms with Crippen molar-refractivity contribution in [1.29, 1.82) is 0 Å². The van der Waals surface area contributed by atoms with E-state index in [4.69, 9.17) is 0 Å². The van der Waals surface area contributed by atoms with Crippen LogP contribution >= 0.6 is 0 Å². The summed E-state index contributed by atoms with van der Waals surface area (Å²) in [6, 6.07) is 0. The van der Waals surface area contributed by atoms with E-state index in [1.165, 1.54) is 0 Å². The number of aryl methyl sites for hydroxylation is 2. The predicted octanol–water partition coefficient (Wildman–Crippen LogP) is 1.59. The van der Waals surface area contributed by atoms with E-state index in [2.05, 4.69) is 27.3 Å². The maximum Gasteiger partial charge on any atom is 0.163 e. The van der Waals surface area contributed by atoms with Crippen LogP contribution in [0.4, 0.5) is 5.82 Å². The first-order valence-corrected chi connectivity index (χ1v) is 5.20. The summed E-state index contributed by atoms with van der Waals surface area (Å²) < 4.78 is 1.88. The molecule has 2 aromatic rings. The van der Waals surface area contributed by atoms with Crippen LogP contribution in [0.2, 0.25) is 0 Å². The minimum atomic E-state index is 0.772. The molecule has 0 radical (unpaired) electrons. The van der Waals surface area contributed by atoms with Crippen molar-refractivity contribution >= 4 is 16.9 Å². The molecule has 0 spiro atoms. The monoisotopic (exact) mass is 205 g/mol. The lowest BCUT2D eigenvalue weighted by Gasteiger charge is -2.05. The quantitative estimate of drug-likeness (QED) is 0.826. The molecule has 5 heteroatoms. The lowest BCUT2D eigenvalue weighted by Crippen LogP contribution is -2.04. The number of hydrogen-bond donors (Lipinski definition) is 1. The molecule has 0 fully saturated rings. The van der Waals surface area contributed by atoms with E-state index in [1.54, 1.807) is 0 Å². The van der Waals surface area contributed by atoms with Gasteiger partial charge in [-0.05, 0) is 20.8 Å². The van der Waals surface area contributed by atoms with Gasteiger partial charge in [-0.1, -0.05) is 0 Å². The molecule has 0 aliphatic heterocycles. The number of hydrogen-bond acceptors (Lipinski definition) is 4. The highest BCUT2D eigenvalue weighted by atomic mass is 15.3. The van der Waals surface area contributed by atoms with Crippen molar-refractivity contribution in [3.05, 3.63) is 12.0 Å². The molecule has 0 aromatic carbocycles. The number of nitrogens with zero attached hydrogens (tertiary/aromatic N) is 4. The zero-order valence-corrected chi connectivity index (χ0v) is 9.28. The van der Waals surface area contributed by atoms with Crippen LogP contribution in [0.1, 0.15) is 19.7 Å². The van der Waals surface area contributed by atoms with Crippen LogP contribution in [0, 0.1) is 6.92 Å². The molecule has 0 saturated heterocycles. The Labute approximate surface area is 88.5 Å². The van der Waals surface area contributed by atoms with E-state index < -0.39 is 0 Å². The van der Waals surface area contributed by atoms with Gasteiger partial charge in [0.2, 0.25) is 0 Å². The van der Waals surface area contributed by atoms with Gasteiger partial charge in [-0.2, -0.15) is 5.10 Å². The first-order valence-electron chi connectivity index (χ1n) is 5.20. The summed E-state index contributed by atoms with van der Waals surface area (Å²) in [5.41, 5.74) is 0.904. The van der Waals surface area contributed by atoms with Gasteiger partial charge in [-0.25, -0.2) is 14.6 Å². The maximum absolute atomic E-state index is 4.40. The average molecular weight is 205 g/mol. The summed E-state index contributed by atoms with van der Waals surface area (Å²) >= 11 is 0. The van der Waals surface area contributed by atoms with E-state index in [9.17, 15) is 0 Å². The molecule has 0 saturated carbocycles. The number of anilines is 1. The molecule has 0 aliphatic carbocycles. The smallest absolute Gasteiger partial charge is 0.163 e. The second-order valence-electron chi connectivity index (χ2n) is 3.35. The molecular formula is C10H15N5. The molecule has 15 heavy (non-hydrogen) atoms. The van der Waals surface area contributed by atoms with Gasteiger partial charge in [0.25, 0.3) is 0 Å². The Morgan fingerprint density at radius 3 is 2.80 bits per heavy atom. The zero-order valence-electron chi connectivity index (χ0n) is 9.28. The molecule has 80 valence electrons. The molecular weight excluding hydrogens is 190 g/mol. The van der Waals surface area contributed by atoms with Gasteiger partial charge in [-0.3, -0.25) is 0 Å². The van der Waals surface area contributed by atoms with Gasteiger partial charge in [0.1, 0.15) is 11.6 Å². The molecule has 0 unspecified atom stereocenters. The topological polar surface area (TPSA) is 55.6 Å².